The Morgan fingerprint density at radius 2 is 2.14 bits per heavy atom. The predicted octanol–water partition coefficient (Wildman–Crippen LogP) is 3.23. The first-order valence-electron chi connectivity index (χ1n) is 9.65. The van der Waals surface area contributed by atoms with E-state index in [0.29, 0.717) is 6.54 Å². The smallest absolute Gasteiger partial charge is 0.194 e. The number of nitrogens with zero attached hydrogens (tertiary/aromatic N) is 5. The Morgan fingerprint density at radius 3 is 2.79 bits per heavy atom. The number of pyridine rings is 1. The van der Waals surface area contributed by atoms with Crippen LogP contribution in [0, 0.1) is 0 Å². The molecular weight excluding hydrogens is 547 g/mol. The molecule has 7 nitrogen and oxygen atoms in total. The lowest BCUT2D eigenvalue weighted by atomic mass is 10.2. The Morgan fingerprint density at radius 1 is 1.38 bits per heavy atom. The zero-order valence-corrected chi connectivity index (χ0v) is 21.2. The van der Waals surface area contributed by atoms with Crippen molar-refractivity contribution in [2.45, 2.75) is 20.0 Å². The lowest BCUT2D eigenvalue weighted by Crippen LogP contribution is -2.39. The molecule has 3 rings (SSSR count). The van der Waals surface area contributed by atoms with Crippen molar-refractivity contribution in [2.24, 2.45) is 12.0 Å². The number of guanidine groups is 1. The van der Waals surface area contributed by atoms with Gasteiger partial charge in [0.25, 0.3) is 0 Å². The van der Waals surface area contributed by atoms with Crippen LogP contribution in [-0.4, -0.2) is 60.3 Å². The third-order valence-electron chi connectivity index (χ3n) is 4.75. The van der Waals surface area contributed by atoms with Crippen LogP contribution >= 0.6 is 39.9 Å². The number of morpholine rings is 1. The van der Waals surface area contributed by atoms with Gasteiger partial charge in [-0.15, -0.1) is 24.0 Å². The number of rotatable bonds is 6. The second kappa shape index (κ2) is 11.8. The SMILES string of the molecule is CCNC(=NCc1cccnc1N1CCOCC1)N(C)Cc1cc(Br)cn1C.I. The fourth-order valence-corrected chi connectivity index (χ4v) is 3.86. The van der Waals surface area contributed by atoms with Crippen molar-refractivity contribution in [3.63, 3.8) is 0 Å². The summed E-state index contributed by atoms with van der Waals surface area (Å²) in [6.07, 6.45) is 3.92. The zero-order valence-electron chi connectivity index (χ0n) is 17.3. The average Bonchev–Trinajstić information content (AvgIpc) is 3.02. The number of aromatic nitrogens is 2. The van der Waals surface area contributed by atoms with Crippen LogP contribution in [0.1, 0.15) is 18.2 Å². The molecule has 0 aliphatic carbocycles. The van der Waals surface area contributed by atoms with Gasteiger partial charge >= 0.3 is 0 Å². The molecule has 1 aliphatic heterocycles. The molecule has 0 unspecified atom stereocenters. The minimum absolute atomic E-state index is 0. The maximum atomic E-state index is 5.47. The van der Waals surface area contributed by atoms with Crippen molar-refractivity contribution in [1.82, 2.24) is 19.8 Å². The topological polar surface area (TPSA) is 57.9 Å². The van der Waals surface area contributed by atoms with Crippen molar-refractivity contribution < 1.29 is 4.74 Å². The van der Waals surface area contributed by atoms with E-state index in [-0.39, 0.29) is 24.0 Å². The van der Waals surface area contributed by atoms with Crippen molar-refractivity contribution in [3.05, 3.63) is 46.3 Å². The summed E-state index contributed by atoms with van der Waals surface area (Å²) in [5.74, 6) is 1.90. The van der Waals surface area contributed by atoms with Crippen LogP contribution in [-0.2, 0) is 24.9 Å². The van der Waals surface area contributed by atoms with E-state index < -0.39 is 0 Å². The van der Waals surface area contributed by atoms with Gasteiger partial charge in [0.2, 0.25) is 0 Å². The summed E-state index contributed by atoms with van der Waals surface area (Å²) < 4.78 is 8.69. The molecule has 0 saturated carbocycles. The Kier molecular flexibility index (Phi) is 9.70. The normalized spacial score (nSPS) is 14.5. The lowest BCUT2D eigenvalue weighted by molar-refractivity contribution is 0.122. The van der Waals surface area contributed by atoms with Gasteiger partial charge in [0.05, 0.1) is 26.3 Å². The highest BCUT2D eigenvalue weighted by Gasteiger charge is 2.16. The number of halogens is 2. The second-order valence-corrected chi connectivity index (χ2v) is 7.79. The fraction of sp³-hybridized carbons (Fsp3) is 0.500. The number of anilines is 1. The molecule has 1 fully saturated rings. The van der Waals surface area contributed by atoms with Crippen LogP contribution in [0.3, 0.4) is 0 Å². The summed E-state index contributed by atoms with van der Waals surface area (Å²) in [5.41, 5.74) is 2.35. The highest BCUT2D eigenvalue weighted by molar-refractivity contribution is 14.0. The van der Waals surface area contributed by atoms with Gasteiger partial charge in [-0.3, -0.25) is 0 Å². The van der Waals surface area contributed by atoms with Crippen molar-refractivity contribution in [3.8, 4) is 0 Å². The highest BCUT2D eigenvalue weighted by atomic mass is 127. The van der Waals surface area contributed by atoms with Gasteiger partial charge in [0.15, 0.2) is 5.96 Å². The number of aliphatic imine (C=N–C) groups is 1. The molecule has 29 heavy (non-hydrogen) atoms. The molecule has 0 radical (unpaired) electrons. The van der Waals surface area contributed by atoms with Gasteiger partial charge in [0.1, 0.15) is 5.82 Å². The summed E-state index contributed by atoms with van der Waals surface area (Å²) in [4.78, 5) is 13.9. The monoisotopic (exact) mass is 576 g/mol. The summed E-state index contributed by atoms with van der Waals surface area (Å²) in [6.45, 7) is 7.51. The maximum Gasteiger partial charge on any atom is 0.194 e. The largest absolute Gasteiger partial charge is 0.378 e. The van der Waals surface area contributed by atoms with Gasteiger partial charge in [0, 0.05) is 61.9 Å². The van der Waals surface area contributed by atoms with Crippen LogP contribution in [0.4, 0.5) is 5.82 Å². The molecule has 2 aromatic rings. The lowest BCUT2D eigenvalue weighted by Gasteiger charge is -2.29. The van der Waals surface area contributed by atoms with E-state index >= 15 is 0 Å². The number of nitrogens with one attached hydrogen (secondary N) is 1. The van der Waals surface area contributed by atoms with E-state index in [1.54, 1.807) is 0 Å². The highest BCUT2D eigenvalue weighted by Crippen LogP contribution is 2.20. The van der Waals surface area contributed by atoms with Crippen LogP contribution in [0.25, 0.3) is 0 Å². The van der Waals surface area contributed by atoms with Gasteiger partial charge < -0.3 is 24.4 Å². The molecule has 2 aromatic heterocycles. The summed E-state index contributed by atoms with van der Waals surface area (Å²) in [5, 5.41) is 3.40. The van der Waals surface area contributed by atoms with Gasteiger partial charge in [-0.1, -0.05) is 6.07 Å². The standard InChI is InChI=1S/C20H29BrN6O.HI/c1-4-22-20(26(3)15-18-12-17(21)14-25(18)2)24-13-16-6-5-7-23-19(16)27-8-10-28-11-9-27;/h5-7,12,14H,4,8-11,13,15H2,1-3H3,(H,22,24);1H. The number of aryl methyl sites for hydroxylation is 1. The van der Waals surface area contributed by atoms with Gasteiger partial charge in [-0.05, 0) is 35.0 Å². The Labute approximate surface area is 198 Å². The first-order chi connectivity index (χ1) is 13.6. The molecule has 0 aromatic carbocycles. The zero-order chi connectivity index (χ0) is 19.9. The van der Waals surface area contributed by atoms with Crippen LogP contribution in [0.2, 0.25) is 0 Å². The number of hydrogen-bond donors (Lipinski definition) is 1. The van der Waals surface area contributed by atoms with Gasteiger partial charge in [-0.25, -0.2) is 9.98 Å². The molecule has 0 bridgehead atoms. The van der Waals surface area contributed by atoms with E-state index in [1.165, 1.54) is 5.69 Å². The predicted molar refractivity (Wildman–Crippen MR) is 132 cm³/mol. The Hall–Kier alpha value is -1.33. The first kappa shape index (κ1) is 23.9. The van der Waals surface area contributed by atoms with E-state index in [4.69, 9.17) is 9.73 Å². The van der Waals surface area contributed by atoms with Crippen LogP contribution in [0.15, 0.2) is 40.1 Å². The average molecular weight is 577 g/mol. The first-order valence-corrected chi connectivity index (χ1v) is 10.4. The molecule has 0 amide bonds. The summed E-state index contributed by atoms with van der Waals surface area (Å²) >= 11 is 3.54. The third kappa shape index (κ3) is 6.58. The summed E-state index contributed by atoms with van der Waals surface area (Å²) in [7, 11) is 4.12. The van der Waals surface area contributed by atoms with Crippen LogP contribution < -0.4 is 10.2 Å². The Balaban J connectivity index is 0.00000300. The molecule has 1 aliphatic rings. The van der Waals surface area contributed by atoms with E-state index in [0.717, 1.165) is 61.2 Å². The molecule has 0 atom stereocenters. The Bertz CT molecular complexity index is 806. The minimum atomic E-state index is 0. The van der Waals surface area contributed by atoms with Crippen molar-refractivity contribution in [1.29, 1.82) is 0 Å². The molecule has 1 saturated heterocycles. The van der Waals surface area contributed by atoms with Crippen molar-refractivity contribution in [2.75, 3.05) is 44.8 Å². The maximum absolute atomic E-state index is 5.47. The van der Waals surface area contributed by atoms with Crippen LogP contribution in [0.5, 0.6) is 0 Å². The molecule has 9 heteroatoms. The fourth-order valence-electron chi connectivity index (χ4n) is 3.28. The van der Waals surface area contributed by atoms with E-state index in [1.807, 2.05) is 12.3 Å². The van der Waals surface area contributed by atoms with Gasteiger partial charge in [-0.2, -0.15) is 0 Å². The quantitative estimate of drug-likeness (QED) is 0.325. The molecule has 1 N–H and O–H groups in total. The molecule has 3 heterocycles. The molecule has 160 valence electrons. The molecule has 0 spiro atoms. The number of hydrogen-bond acceptors (Lipinski definition) is 4. The minimum Gasteiger partial charge on any atom is -0.378 e. The van der Waals surface area contributed by atoms with Crippen molar-refractivity contribution >= 4 is 51.7 Å². The number of ether oxygens (including phenoxy) is 1. The summed E-state index contributed by atoms with van der Waals surface area (Å²) in [6, 6.07) is 6.23. The third-order valence-corrected chi connectivity index (χ3v) is 5.18. The van der Waals surface area contributed by atoms with E-state index in [9.17, 15) is 0 Å². The second-order valence-electron chi connectivity index (χ2n) is 6.87. The molecular formula is C20H30BrIN6O. The van der Waals surface area contributed by atoms with E-state index in [2.05, 4.69) is 79.9 Å².